The summed E-state index contributed by atoms with van der Waals surface area (Å²) in [6.07, 6.45) is 1.97. The van der Waals surface area contributed by atoms with Gasteiger partial charge in [-0.2, -0.15) is 0 Å². The number of hydrogen-bond acceptors (Lipinski definition) is 6. The number of carbonyl (C=O) groups is 2. The van der Waals surface area contributed by atoms with Gasteiger partial charge in [-0.25, -0.2) is 4.98 Å². The molecule has 0 aliphatic carbocycles. The largest absolute Gasteiger partial charge is 0.344 e. The second kappa shape index (κ2) is 7.88. The van der Waals surface area contributed by atoms with Gasteiger partial charge < -0.3 is 9.80 Å². The van der Waals surface area contributed by atoms with Crippen molar-refractivity contribution in [3.63, 3.8) is 0 Å². The number of nitrogens with zero attached hydrogens (tertiary/aromatic N) is 3. The molecule has 0 aromatic carbocycles. The van der Waals surface area contributed by atoms with Gasteiger partial charge in [0.2, 0.25) is 5.91 Å². The van der Waals surface area contributed by atoms with E-state index in [0.717, 1.165) is 39.2 Å². The smallest absolute Gasteiger partial charge is 0.263 e. The first-order chi connectivity index (χ1) is 12.0. The van der Waals surface area contributed by atoms with E-state index in [-0.39, 0.29) is 17.9 Å². The lowest BCUT2D eigenvalue weighted by atomic mass is 10.2. The molecule has 1 fully saturated rings. The lowest BCUT2D eigenvalue weighted by Crippen LogP contribution is -2.31. The Hall–Kier alpha value is -1.38. The van der Waals surface area contributed by atoms with E-state index in [2.05, 4.69) is 4.98 Å². The van der Waals surface area contributed by atoms with E-state index in [4.69, 9.17) is 0 Å². The van der Waals surface area contributed by atoms with E-state index in [1.54, 1.807) is 30.3 Å². The highest BCUT2D eigenvalue weighted by molar-refractivity contribution is 8.01. The van der Waals surface area contributed by atoms with Gasteiger partial charge in [-0.1, -0.05) is 11.8 Å². The van der Waals surface area contributed by atoms with Crippen molar-refractivity contribution < 1.29 is 9.59 Å². The SMILES string of the molecule is Cc1csc(SCC(=O)N2CCCC2c2ccc(C(=O)N(C)C)s2)n1. The molecule has 5 nitrogen and oxygen atoms in total. The van der Waals surface area contributed by atoms with Crippen LogP contribution in [0, 0.1) is 6.92 Å². The molecule has 2 aromatic rings. The molecule has 0 N–H and O–H groups in total. The molecule has 25 heavy (non-hydrogen) atoms. The van der Waals surface area contributed by atoms with Gasteiger partial charge in [-0.05, 0) is 31.9 Å². The summed E-state index contributed by atoms with van der Waals surface area (Å²) in [4.78, 5) is 34.5. The normalized spacial score (nSPS) is 17.1. The highest BCUT2D eigenvalue weighted by Gasteiger charge is 2.31. The fourth-order valence-electron chi connectivity index (χ4n) is 2.83. The van der Waals surface area contributed by atoms with Gasteiger partial charge in [0.1, 0.15) is 0 Å². The Kier molecular flexibility index (Phi) is 5.81. The van der Waals surface area contributed by atoms with Crippen molar-refractivity contribution >= 4 is 46.2 Å². The van der Waals surface area contributed by atoms with Gasteiger partial charge in [0.15, 0.2) is 4.34 Å². The summed E-state index contributed by atoms with van der Waals surface area (Å²) in [6.45, 7) is 2.75. The molecule has 1 atom stereocenters. The van der Waals surface area contributed by atoms with Crippen LogP contribution in [0.1, 0.15) is 39.1 Å². The lowest BCUT2D eigenvalue weighted by Gasteiger charge is -2.23. The Morgan fingerprint density at radius 1 is 1.40 bits per heavy atom. The summed E-state index contributed by atoms with van der Waals surface area (Å²) in [5, 5.41) is 2.00. The zero-order valence-corrected chi connectivity index (χ0v) is 17.0. The Bertz CT molecular complexity index is 769. The number of thiazole rings is 1. The van der Waals surface area contributed by atoms with Crippen LogP contribution in [0.25, 0.3) is 0 Å². The van der Waals surface area contributed by atoms with Gasteiger partial charge in [0.05, 0.1) is 16.7 Å². The molecule has 0 saturated carbocycles. The third kappa shape index (κ3) is 4.24. The minimum atomic E-state index is 0.0156. The number of amides is 2. The molecule has 0 radical (unpaired) electrons. The number of aromatic nitrogens is 1. The van der Waals surface area contributed by atoms with Crippen LogP contribution in [0.15, 0.2) is 21.9 Å². The molecule has 0 spiro atoms. The molecule has 0 bridgehead atoms. The van der Waals surface area contributed by atoms with Crippen molar-refractivity contribution in [3.8, 4) is 0 Å². The second-order valence-corrected chi connectivity index (χ2v) is 9.39. The lowest BCUT2D eigenvalue weighted by molar-refractivity contribution is -0.129. The van der Waals surface area contributed by atoms with Crippen molar-refractivity contribution in [2.75, 3.05) is 26.4 Å². The predicted octanol–water partition coefficient (Wildman–Crippen LogP) is 3.67. The summed E-state index contributed by atoms with van der Waals surface area (Å²) >= 11 is 4.59. The van der Waals surface area contributed by atoms with Crippen molar-refractivity contribution in [1.29, 1.82) is 0 Å². The van der Waals surface area contributed by atoms with Crippen LogP contribution in [0.3, 0.4) is 0 Å². The van der Waals surface area contributed by atoms with Crippen LogP contribution in [0.4, 0.5) is 0 Å². The monoisotopic (exact) mass is 395 g/mol. The maximum Gasteiger partial charge on any atom is 0.263 e. The maximum absolute atomic E-state index is 12.7. The zero-order valence-electron chi connectivity index (χ0n) is 14.5. The standard InChI is InChI=1S/C17H21N3O2S3/c1-11-9-23-17(18-11)24-10-15(21)20-8-4-5-12(20)13-6-7-14(25-13)16(22)19(2)3/h6-7,9,12H,4-5,8,10H2,1-3H3. The van der Waals surface area contributed by atoms with E-state index in [1.165, 1.54) is 23.1 Å². The highest BCUT2D eigenvalue weighted by Crippen LogP contribution is 2.37. The first kappa shape index (κ1) is 18.4. The Balaban J connectivity index is 1.65. The van der Waals surface area contributed by atoms with Gasteiger partial charge in [0, 0.05) is 36.6 Å². The quantitative estimate of drug-likeness (QED) is 0.725. The van der Waals surface area contributed by atoms with Crippen LogP contribution in [0.5, 0.6) is 0 Å². The molecular formula is C17H21N3O2S3. The molecule has 1 saturated heterocycles. The van der Waals surface area contributed by atoms with Crippen molar-refractivity contribution in [3.05, 3.63) is 33.0 Å². The van der Waals surface area contributed by atoms with E-state index in [9.17, 15) is 9.59 Å². The van der Waals surface area contributed by atoms with Crippen LogP contribution < -0.4 is 0 Å². The number of rotatable bonds is 5. The van der Waals surface area contributed by atoms with Gasteiger partial charge in [-0.15, -0.1) is 22.7 Å². The van der Waals surface area contributed by atoms with Gasteiger partial charge in [-0.3, -0.25) is 9.59 Å². The average molecular weight is 396 g/mol. The summed E-state index contributed by atoms with van der Waals surface area (Å²) in [5.74, 6) is 0.578. The molecule has 1 aliphatic heterocycles. The predicted molar refractivity (Wildman–Crippen MR) is 104 cm³/mol. The van der Waals surface area contributed by atoms with Gasteiger partial charge >= 0.3 is 0 Å². The number of hydrogen-bond donors (Lipinski definition) is 0. The van der Waals surface area contributed by atoms with E-state index >= 15 is 0 Å². The van der Waals surface area contributed by atoms with E-state index in [0.29, 0.717) is 5.75 Å². The molecule has 1 aliphatic rings. The van der Waals surface area contributed by atoms with Crippen LogP contribution >= 0.6 is 34.4 Å². The Morgan fingerprint density at radius 2 is 2.20 bits per heavy atom. The first-order valence-electron chi connectivity index (χ1n) is 8.11. The third-order valence-electron chi connectivity index (χ3n) is 4.06. The average Bonchev–Trinajstić information content (AvgIpc) is 3.31. The van der Waals surface area contributed by atoms with E-state index < -0.39 is 0 Å². The van der Waals surface area contributed by atoms with Crippen molar-refractivity contribution in [2.45, 2.75) is 30.1 Å². The fourth-order valence-corrected chi connectivity index (χ4v) is 5.75. The fraction of sp³-hybridized carbons (Fsp3) is 0.471. The number of likely N-dealkylation sites (tertiary alicyclic amines) is 1. The summed E-state index contributed by atoms with van der Waals surface area (Å²) in [7, 11) is 3.51. The molecular weight excluding hydrogens is 374 g/mol. The molecule has 1 unspecified atom stereocenters. The van der Waals surface area contributed by atoms with Crippen molar-refractivity contribution in [2.24, 2.45) is 0 Å². The number of thiophene rings is 1. The topological polar surface area (TPSA) is 53.5 Å². The number of thioether (sulfide) groups is 1. The summed E-state index contributed by atoms with van der Waals surface area (Å²) in [6, 6.07) is 3.96. The minimum absolute atomic E-state index is 0.0156. The third-order valence-corrected chi connectivity index (χ3v) is 7.36. The number of carbonyl (C=O) groups excluding carboxylic acids is 2. The molecule has 3 rings (SSSR count). The Labute approximate surface area is 160 Å². The summed E-state index contributed by atoms with van der Waals surface area (Å²) < 4.78 is 0.941. The minimum Gasteiger partial charge on any atom is -0.344 e. The second-order valence-electron chi connectivity index (χ2n) is 6.19. The molecule has 134 valence electrons. The van der Waals surface area contributed by atoms with Crippen molar-refractivity contribution in [1.82, 2.24) is 14.8 Å². The maximum atomic E-state index is 12.7. The summed E-state index contributed by atoms with van der Waals surface area (Å²) in [5.41, 5.74) is 0.996. The Morgan fingerprint density at radius 3 is 2.88 bits per heavy atom. The molecule has 3 heterocycles. The zero-order chi connectivity index (χ0) is 18.0. The van der Waals surface area contributed by atoms with Crippen LogP contribution in [-0.2, 0) is 4.79 Å². The molecule has 2 amide bonds. The number of aryl methyl sites for hydroxylation is 1. The van der Waals surface area contributed by atoms with Gasteiger partial charge in [0.25, 0.3) is 5.91 Å². The van der Waals surface area contributed by atoms with E-state index in [1.807, 2.05) is 29.3 Å². The van der Waals surface area contributed by atoms with Crippen LogP contribution in [0.2, 0.25) is 0 Å². The molecule has 8 heteroatoms. The molecule has 2 aromatic heterocycles. The highest BCUT2D eigenvalue weighted by atomic mass is 32.2. The first-order valence-corrected chi connectivity index (χ1v) is 10.8. The van der Waals surface area contributed by atoms with Crippen LogP contribution in [-0.4, -0.2) is 53.0 Å².